The number of anilines is 1. The Hall–Kier alpha value is -4.08. The number of benzene rings is 2. The number of pyridine rings is 1. The number of nitrogens with zero attached hydrogens (tertiary/aromatic N) is 1. The maximum Gasteiger partial charge on any atom is 0.416 e. The summed E-state index contributed by atoms with van der Waals surface area (Å²) in [6.45, 7) is 0. The molecule has 3 rings (SSSR count). The van der Waals surface area contributed by atoms with E-state index < -0.39 is 28.8 Å². The Balaban J connectivity index is 1.83. The fourth-order valence-corrected chi connectivity index (χ4v) is 2.67. The second-order valence-electron chi connectivity index (χ2n) is 6.12. The average Bonchev–Trinajstić information content (AvgIpc) is 2.71. The van der Waals surface area contributed by atoms with Gasteiger partial charge in [-0.1, -0.05) is 29.4 Å². The van der Waals surface area contributed by atoms with E-state index in [0.717, 1.165) is 18.2 Å². The molecule has 1 amide bonds. The topological polar surface area (TPSA) is 115 Å². The van der Waals surface area contributed by atoms with Crippen LogP contribution in [0.1, 0.15) is 27.2 Å². The molecule has 0 aliphatic carbocycles. The molecule has 0 aliphatic rings. The molecule has 154 valence electrons. The van der Waals surface area contributed by atoms with Gasteiger partial charge in [-0.25, -0.2) is 0 Å². The second kappa shape index (κ2) is 8.11. The molecule has 30 heavy (non-hydrogen) atoms. The molecular formula is C20H14F3N3O4. The van der Waals surface area contributed by atoms with Gasteiger partial charge in [-0.15, -0.1) is 0 Å². The van der Waals surface area contributed by atoms with E-state index in [9.17, 15) is 33.1 Å². The van der Waals surface area contributed by atoms with Crippen LogP contribution in [0.3, 0.4) is 0 Å². The van der Waals surface area contributed by atoms with Crippen LogP contribution in [-0.4, -0.2) is 26.9 Å². The van der Waals surface area contributed by atoms with E-state index in [1.165, 1.54) is 42.6 Å². The van der Waals surface area contributed by atoms with E-state index in [1.807, 2.05) is 0 Å². The minimum Gasteiger partial charge on any atom is -0.503 e. The van der Waals surface area contributed by atoms with Crippen molar-refractivity contribution in [1.29, 1.82) is 0 Å². The Morgan fingerprint density at radius 3 is 2.37 bits per heavy atom. The van der Waals surface area contributed by atoms with E-state index in [0.29, 0.717) is 5.56 Å². The molecule has 0 spiro atoms. The first kappa shape index (κ1) is 20.6. The zero-order valence-corrected chi connectivity index (χ0v) is 15.1. The van der Waals surface area contributed by atoms with Crippen molar-refractivity contribution in [2.45, 2.75) is 6.18 Å². The maximum absolute atomic E-state index is 12.9. The molecule has 2 aromatic carbocycles. The van der Waals surface area contributed by atoms with Gasteiger partial charge in [0.05, 0.1) is 5.56 Å². The highest BCUT2D eigenvalue weighted by molar-refractivity contribution is 6.13. The molecular weight excluding hydrogens is 403 g/mol. The number of carbonyl (C=O) groups is 1. The van der Waals surface area contributed by atoms with E-state index in [-0.39, 0.29) is 22.7 Å². The third-order valence-electron chi connectivity index (χ3n) is 4.14. The fourth-order valence-electron chi connectivity index (χ4n) is 2.67. The summed E-state index contributed by atoms with van der Waals surface area (Å²) in [5.74, 6) is -1.50. The van der Waals surface area contributed by atoms with Crippen molar-refractivity contribution < 1.29 is 28.3 Å². The van der Waals surface area contributed by atoms with E-state index in [1.54, 1.807) is 0 Å². The first-order valence-electron chi connectivity index (χ1n) is 8.43. The Kier molecular flexibility index (Phi) is 5.58. The summed E-state index contributed by atoms with van der Waals surface area (Å²) in [6, 6.07) is 11.1. The van der Waals surface area contributed by atoms with Crippen LogP contribution in [0.5, 0.6) is 5.75 Å². The first-order valence-corrected chi connectivity index (χ1v) is 8.43. The van der Waals surface area contributed by atoms with E-state index in [4.69, 9.17) is 0 Å². The lowest BCUT2D eigenvalue weighted by atomic mass is 10.00. The van der Waals surface area contributed by atoms with Gasteiger partial charge in [-0.05, 0) is 24.3 Å². The zero-order valence-electron chi connectivity index (χ0n) is 15.1. The van der Waals surface area contributed by atoms with Gasteiger partial charge in [0.2, 0.25) is 5.43 Å². The Morgan fingerprint density at radius 1 is 1.03 bits per heavy atom. The number of alkyl halides is 3. The quantitative estimate of drug-likeness (QED) is 0.295. The molecule has 0 saturated carbocycles. The summed E-state index contributed by atoms with van der Waals surface area (Å²) in [4.78, 5) is 26.1. The number of aromatic amines is 1. The monoisotopic (exact) mass is 417 g/mol. The van der Waals surface area contributed by atoms with E-state index >= 15 is 0 Å². The molecule has 0 atom stereocenters. The molecule has 0 radical (unpaired) electrons. The minimum absolute atomic E-state index is 0.0518. The first-order chi connectivity index (χ1) is 14.2. The van der Waals surface area contributed by atoms with Crippen molar-refractivity contribution in [2.24, 2.45) is 5.16 Å². The van der Waals surface area contributed by atoms with Gasteiger partial charge in [0.1, 0.15) is 5.71 Å². The third kappa shape index (κ3) is 4.32. The third-order valence-corrected chi connectivity index (χ3v) is 4.14. The molecule has 0 unspecified atom stereocenters. The molecule has 3 aromatic rings. The fraction of sp³-hybridized carbons (Fsp3) is 0.0500. The van der Waals surface area contributed by atoms with Gasteiger partial charge < -0.3 is 20.6 Å². The van der Waals surface area contributed by atoms with Gasteiger partial charge >= 0.3 is 6.18 Å². The lowest BCUT2D eigenvalue weighted by Crippen LogP contribution is -2.17. The van der Waals surface area contributed by atoms with Gasteiger partial charge in [0.15, 0.2) is 11.4 Å². The Bertz CT molecular complexity index is 1170. The number of hydrogen-bond acceptors (Lipinski definition) is 5. The predicted octanol–water partition coefficient (Wildman–Crippen LogP) is 3.58. The average molecular weight is 417 g/mol. The highest BCUT2D eigenvalue weighted by Crippen LogP contribution is 2.30. The number of H-pyrrole nitrogens is 1. The summed E-state index contributed by atoms with van der Waals surface area (Å²) in [5, 5.41) is 24.6. The summed E-state index contributed by atoms with van der Waals surface area (Å²) in [5.41, 5.74) is -1.41. The van der Waals surface area contributed by atoms with Crippen LogP contribution in [0.15, 0.2) is 70.7 Å². The molecule has 0 bridgehead atoms. The van der Waals surface area contributed by atoms with Gasteiger partial charge in [-0.2, -0.15) is 13.2 Å². The molecule has 1 heterocycles. The number of aromatic nitrogens is 1. The lowest BCUT2D eigenvalue weighted by molar-refractivity contribution is -0.137. The Morgan fingerprint density at radius 2 is 1.73 bits per heavy atom. The Labute approximate surface area is 167 Å². The number of aromatic hydroxyl groups is 1. The van der Waals surface area contributed by atoms with Crippen molar-refractivity contribution in [3.63, 3.8) is 0 Å². The van der Waals surface area contributed by atoms with Crippen molar-refractivity contribution in [1.82, 2.24) is 4.98 Å². The van der Waals surface area contributed by atoms with Crippen LogP contribution in [-0.2, 0) is 6.18 Å². The maximum atomic E-state index is 12.9. The van der Waals surface area contributed by atoms with Gasteiger partial charge in [-0.3, -0.25) is 9.59 Å². The number of carbonyl (C=O) groups excluding carboxylic acids is 1. The smallest absolute Gasteiger partial charge is 0.416 e. The molecule has 1 aromatic heterocycles. The molecule has 4 N–H and O–H groups in total. The summed E-state index contributed by atoms with van der Waals surface area (Å²) >= 11 is 0. The molecule has 0 saturated heterocycles. The summed E-state index contributed by atoms with van der Waals surface area (Å²) in [7, 11) is 0. The number of amides is 1. The number of hydrogen-bond donors (Lipinski definition) is 4. The number of rotatable bonds is 4. The standard InChI is InChI=1S/C20H14F3N3O4/c21-20(22,23)13-3-1-2-12(10-13)16(26-30)11-4-6-14(7-5-11)25-19(29)17-18(28)15(27)8-9-24-17/h1-10,28,30H,(H,24,27)(H,25,29)/b26-16-. The van der Waals surface area contributed by atoms with Gasteiger partial charge in [0.25, 0.3) is 5.91 Å². The van der Waals surface area contributed by atoms with Crippen LogP contribution < -0.4 is 10.7 Å². The predicted molar refractivity (Wildman–Crippen MR) is 102 cm³/mol. The summed E-state index contributed by atoms with van der Waals surface area (Å²) in [6.07, 6.45) is -3.34. The van der Waals surface area contributed by atoms with Crippen molar-refractivity contribution in [3.8, 4) is 5.75 Å². The number of oxime groups is 1. The van der Waals surface area contributed by atoms with E-state index in [2.05, 4.69) is 15.5 Å². The molecule has 0 aliphatic heterocycles. The highest BCUT2D eigenvalue weighted by atomic mass is 19.4. The number of nitrogens with one attached hydrogen (secondary N) is 2. The lowest BCUT2D eigenvalue weighted by Gasteiger charge is -2.11. The zero-order chi connectivity index (χ0) is 21.9. The molecule has 0 fully saturated rings. The minimum atomic E-state index is -4.55. The van der Waals surface area contributed by atoms with Crippen LogP contribution in [0.4, 0.5) is 18.9 Å². The van der Waals surface area contributed by atoms with Crippen molar-refractivity contribution in [3.05, 3.63) is 93.4 Å². The van der Waals surface area contributed by atoms with Crippen molar-refractivity contribution in [2.75, 3.05) is 5.32 Å². The second-order valence-corrected chi connectivity index (χ2v) is 6.12. The summed E-state index contributed by atoms with van der Waals surface area (Å²) < 4.78 is 38.8. The molecule has 10 heteroatoms. The largest absolute Gasteiger partial charge is 0.503 e. The van der Waals surface area contributed by atoms with Crippen LogP contribution in [0, 0.1) is 0 Å². The van der Waals surface area contributed by atoms with Crippen LogP contribution in [0.2, 0.25) is 0 Å². The number of halogens is 3. The van der Waals surface area contributed by atoms with Crippen molar-refractivity contribution >= 4 is 17.3 Å². The van der Waals surface area contributed by atoms with Crippen LogP contribution in [0.25, 0.3) is 0 Å². The normalized spacial score (nSPS) is 11.9. The highest BCUT2D eigenvalue weighted by Gasteiger charge is 2.30. The molecule has 7 nitrogen and oxygen atoms in total. The van der Waals surface area contributed by atoms with Gasteiger partial charge in [0, 0.05) is 29.1 Å². The SMILES string of the molecule is O=C(Nc1ccc(/C(=N/O)c2cccc(C(F)(F)F)c2)cc1)c1[nH]ccc(=O)c1O. The van der Waals surface area contributed by atoms with Crippen LogP contribution >= 0.6 is 0 Å².